The first-order valence-corrected chi connectivity index (χ1v) is 12.4. The number of nitrogens with one attached hydrogen (secondary N) is 2. The van der Waals surface area contributed by atoms with E-state index < -0.39 is 23.9 Å². The molecule has 1 amide bonds. The van der Waals surface area contributed by atoms with Gasteiger partial charge >= 0.3 is 11.9 Å². The summed E-state index contributed by atoms with van der Waals surface area (Å²) in [6, 6.07) is 3.99. The van der Waals surface area contributed by atoms with Crippen molar-refractivity contribution < 1.29 is 23.9 Å². The molecule has 0 fully saturated rings. The van der Waals surface area contributed by atoms with Crippen LogP contribution in [0.2, 0.25) is 5.02 Å². The monoisotopic (exact) mass is 530 g/mol. The minimum absolute atomic E-state index is 0.0289. The molecule has 3 rings (SSSR count). The number of amides is 1. The fourth-order valence-corrected chi connectivity index (χ4v) is 4.21. The summed E-state index contributed by atoms with van der Waals surface area (Å²) < 4.78 is 9.93. The zero-order valence-electron chi connectivity index (χ0n) is 20.8. The summed E-state index contributed by atoms with van der Waals surface area (Å²) in [5.41, 5.74) is 14.4. The van der Waals surface area contributed by atoms with Crippen LogP contribution in [0.5, 0.6) is 0 Å². The molecule has 6 N–H and O–H groups in total. The molecular weight excluding hydrogens is 500 g/mol. The number of hydrogen-bond donors (Lipinski definition) is 4. The molecule has 0 radical (unpaired) electrons. The smallest absolute Gasteiger partial charge is 0.328 e. The molecule has 1 aromatic carbocycles. The normalized spacial score (nSPS) is 11.8. The van der Waals surface area contributed by atoms with E-state index >= 15 is 0 Å². The molecule has 0 aliphatic rings. The largest absolute Gasteiger partial charge is 0.466 e. The van der Waals surface area contributed by atoms with Gasteiger partial charge in [0.15, 0.2) is 0 Å². The number of anilines is 2. The number of ether oxygens (including phenoxy) is 2. The maximum absolute atomic E-state index is 12.8. The third-order valence-corrected chi connectivity index (χ3v) is 6.04. The SMILES string of the molecule is CCOC(=O)CC[C@H](NC(=O)c1ccc(CCCc2c[nH]c3nc(N)nc(N)c23)c(Cl)c1)C(=O)OCC. The van der Waals surface area contributed by atoms with Gasteiger partial charge in [0, 0.05) is 23.2 Å². The molecule has 198 valence electrons. The number of fused-ring (bicyclic) bond motifs is 1. The van der Waals surface area contributed by atoms with Crippen LogP contribution in [0.3, 0.4) is 0 Å². The standard InChI is InChI=1S/C25H31ClN6O5/c1-3-36-19(33)11-10-18(24(35)37-4-2)30-23(34)15-9-8-14(17(26)12-15)6-5-7-16-13-29-22-20(16)21(27)31-25(28)32-22/h8-9,12-13,18H,3-7,10-11H2,1-2H3,(H,30,34)(H5,27,28,29,31,32)/t18-/m0/s1. The number of aryl methyl sites for hydroxylation is 2. The molecule has 0 spiro atoms. The third kappa shape index (κ3) is 7.32. The van der Waals surface area contributed by atoms with Crippen LogP contribution in [0.1, 0.15) is 54.6 Å². The number of carbonyl (C=O) groups is 3. The molecule has 12 heteroatoms. The highest BCUT2D eigenvalue weighted by molar-refractivity contribution is 6.31. The number of nitrogens with zero attached hydrogens (tertiary/aromatic N) is 2. The van der Waals surface area contributed by atoms with Crippen molar-refractivity contribution in [2.75, 3.05) is 24.7 Å². The van der Waals surface area contributed by atoms with Gasteiger partial charge in [-0.2, -0.15) is 9.97 Å². The summed E-state index contributed by atoms with van der Waals surface area (Å²) >= 11 is 6.47. The Morgan fingerprint density at radius 2 is 1.81 bits per heavy atom. The van der Waals surface area contributed by atoms with Crippen LogP contribution in [0.15, 0.2) is 24.4 Å². The third-order valence-electron chi connectivity index (χ3n) is 5.68. The Bertz CT molecular complexity index is 1280. The molecule has 11 nitrogen and oxygen atoms in total. The van der Waals surface area contributed by atoms with Gasteiger partial charge in [-0.15, -0.1) is 0 Å². The van der Waals surface area contributed by atoms with Crippen LogP contribution in [-0.2, 0) is 31.9 Å². The molecule has 2 heterocycles. The lowest BCUT2D eigenvalue weighted by Crippen LogP contribution is -2.42. The van der Waals surface area contributed by atoms with Gasteiger partial charge in [0.1, 0.15) is 17.5 Å². The fourth-order valence-electron chi connectivity index (χ4n) is 3.93. The molecule has 3 aromatic rings. The van der Waals surface area contributed by atoms with Crippen LogP contribution in [0.25, 0.3) is 11.0 Å². The Balaban J connectivity index is 1.61. The summed E-state index contributed by atoms with van der Waals surface area (Å²) in [5.74, 6) is -1.12. The first-order valence-electron chi connectivity index (χ1n) is 12.0. The molecule has 0 unspecified atom stereocenters. The molecular formula is C25H31ClN6O5. The highest BCUT2D eigenvalue weighted by Gasteiger charge is 2.24. The number of aromatic amines is 1. The van der Waals surface area contributed by atoms with E-state index in [1.807, 2.05) is 6.20 Å². The summed E-state index contributed by atoms with van der Waals surface area (Å²) in [7, 11) is 0. The van der Waals surface area contributed by atoms with Crippen molar-refractivity contribution in [1.82, 2.24) is 20.3 Å². The van der Waals surface area contributed by atoms with E-state index in [1.165, 1.54) is 0 Å². The van der Waals surface area contributed by atoms with Crippen molar-refractivity contribution in [2.24, 2.45) is 0 Å². The minimum Gasteiger partial charge on any atom is -0.466 e. The van der Waals surface area contributed by atoms with Gasteiger partial charge in [-0.25, -0.2) is 4.79 Å². The number of aromatic nitrogens is 3. The Labute approximate surface area is 219 Å². The Morgan fingerprint density at radius 1 is 1.08 bits per heavy atom. The maximum atomic E-state index is 12.8. The van der Waals surface area contributed by atoms with Gasteiger partial charge < -0.3 is 31.2 Å². The van der Waals surface area contributed by atoms with E-state index in [9.17, 15) is 14.4 Å². The van der Waals surface area contributed by atoms with Gasteiger partial charge in [-0.3, -0.25) is 9.59 Å². The molecule has 0 bridgehead atoms. The maximum Gasteiger partial charge on any atom is 0.328 e. The second-order valence-electron chi connectivity index (χ2n) is 8.29. The average molecular weight is 531 g/mol. The van der Waals surface area contributed by atoms with Crippen LogP contribution in [-0.4, -0.2) is 52.1 Å². The van der Waals surface area contributed by atoms with E-state index in [0.29, 0.717) is 34.9 Å². The Morgan fingerprint density at radius 3 is 2.51 bits per heavy atom. The van der Waals surface area contributed by atoms with Gasteiger partial charge in [0.05, 0.1) is 18.6 Å². The number of H-pyrrole nitrogens is 1. The zero-order valence-corrected chi connectivity index (χ0v) is 21.6. The van der Waals surface area contributed by atoms with E-state index in [4.69, 9.17) is 32.5 Å². The predicted molar refractivity (Wildman–Crippen MR) is 140 cm³/mol. The van der Waals surface area contributed by atoms with Gasteiger partial charge in [-0.1, -0.05) is 17.7 Å². The van der Waals surface area contributed by atoms with Crippen molar-refractivity contribution in [3.8, 4) is 0 Å². The fraction of sp³-hybridized carbons (Fsp3) is 0.400. The van der Waals surface area contributed by atoms with E-state index in [-0.39, 0.29) is 32.0 Å². The van der Waals surface area contributed by atoms with Crippen LogP contribution >= 0.6 is 11.6 Å². The number of rotatable bonds is 12. The quantitative estimate of drug-likeness (QED) is 0.256. The lowest BCUT2D eigenvalue weighted by Gasteiger charge is -2.17. The van der Waals surface area contributed by atoms with Crippen molar-refractivity contribution in [3.05, 3.63) is 46.1 Å². The summed E-state index contributed by atoms with van der Waals surface area (Å²) in [4.78, 5) is 48.1. The lowest BCUT2D eigenvalue weighted by atomic mass is 10.0. The van der Waals surface area contributed by atoms with Crippen molar-refractivity contribution in [3.63, 3.8) is 0 Å². The predicted octanol–water partition coefficient (Wildman–Crippen LogP) is 2.96. The Hall–Kier alpha value is -3.86. The van der Waals surface area contributed by atoms with Gasteiger partial charge in [0.2, 0.25) is 5.95 Å². The summed E-state index contributed by atoms with van der Waals surface area (Å²) in [6.45, 7) is 3.74. The van der Waals surface area contributed by atoms with Crippen molar-refractivity contribution in [1.29, 1.82) is 0 Å². The molecule has 0 aliphatic heterocycles. The summed E-state index contributed by atoms with van der Waals surface area (Å²) in [6.07, 6.45) is 4.00. The van der Waals surface area contributed by atoms with Crippen LogP contribution in [0, 0.1) is 0 Å². The van der Waals surface area contributed by atoms with Crippen LogP contribution < -0.4 is 16.8 Å². The summed E-state index contributed by atoms with van der Waals surface area (Å²) in [5, 5.41) is 3.82. The van der Waals surface area contributed by atoms with Gasteiger partial charge in [0.25, 0.3) is 5.91 Å². The topological polar surface area (TPSA) is 175 Å². The number of halogens is 1. The number of nitrogens with two attached hydrogens (primary N) is 2. The molecule has 2 aromatic heterocycles. The molecule has 37 heavy (non-hydrogen) atoms. The highest BCUT2D eigenvalue weighted by atomic mass is 35.5. The van der Waals surface area contributed by atoms with Crippen LogP contribution in [0.4, 0.5) is 11.8 Å². The molecule has 0 aliphatic carbocycles. The Kier molecular flexibility index (Phi) is 9.67. The number of nitrogen functional groups attached to an aromatic ring is 2. The number of carbonyl (C=O) groups excluding carboxylic acids is 3. The first-order chi connectivity index (χ1) is 17.7. The van der Waals surface area contributed by atoms with E-state index in [2.05, 4.69) is 20.3 Å². The number of hydrogen-bond acceptors (Lipinski definition) is 9. The zero-order chi connectivity index (χ0) is 26.9. The van der Waals surface area contributed by atoms with Gasteiger partial charge in [-0.05, 0) is 62.8 Å². The highest BCUT2D eigenvalue weighted by Crippen LogP contribution is 2.25. The lowest BCUT2D eigenvalue weighted by molar-refractivity contribution is -0.146. The molecule has 0 saturated carbocycles. The second kappa shape index (κ2) is 12.9. The number of benzene rings is 1. The minimum atomic E-state index is -0.988. The second-order valence-corrected chi connectivity index (χ2v) is 8.69. The molecule has 1 atom stereocenters. The van der Waals surface area contributed by atoms with Crippen molar-refractivity contribution >= 4 is 52.2 Å². The van der Waals surface area contributed by atoms with Crippen molar-refractivity contribution in [2.45, 2.75) is 52.0 Å². The first kappa shape index (κ1) is 27.7. The molecule has 0 saturated heterocycles. The van der Waals surface area contributed by atoms with E-state index in [0.717, 1.165) is 22.9 Å². The number of esters is 2. The van der Waals surface area contributed by atoms with E-state index in [1.54, 1.807) is 32.0 Å². The average Bonchev–Trinajstić information content (AvgIpc) is 3.25.